The second kappa shape index (κ2) is 5.73. The maximum atomic E-state index is 5.90. The van der Waals surface area contributed by atoms with Crippen LogP contribution in [0.1, 0.15) is 46.3 Å². The van der Waals surface area contributed by atoms with Gasteiger partial charge < -0.3 is 11.1 Å². The standard InChI is InChI=1S/C16H19N3S2/c1-9-8-13(15(16(17)20)10(2)18-9)19-12-4-3-5-14-11(12)6-7-21-14/h6-8,12H,3-5H2,1-2H3,(H2,17,20)(H,18,19). The fourth-order valence-electron chi connectivity index (χ4n) is 3.08. The lowest BCUT2D eigenvalue weighted by atomic mass is 9.93. The van der Waals surface area contributed by atoms with Crippen LogP contribution >= 0.6 is 23.6 Å². The lowest BCUT2D eigenvalue weighted by Gasteiger charge is -2.26. The van der Waals surface area contributed by atoms with Gasteiger partial charge in [-0.25, -0.2) is 0 Å². The Labute approximate surface area is 134 Å². The molecule has 2 aromatic heterocycles. The average molecular weight is 317 g/mol. The van der Waals surface area contributed by atoms with Crippen molar-refractivity contribution in [3.8, 4) is 0 Å². The van der Waals surface area contributed by atoms with Crippen LogP contribution in [-0.4, -0.2) is 9.97 Å². The molecule has 5 heteroatoms. The predicted molar refractivity (Wildman–Crippen MR) is 93.2 cm³/mol. The zero-order valence-corrected chi connectivity index (χ0v) is 13.9. The molecule has 21 heavy (non-hydrogen) atoms. The highest BCUT2D eigenvalue weighted by Crippen LogP contribution is 2.36. The Morgan fingerprint density at radius 3 is 3.05 bits per heavy atom. The van der Waals surface area contributed by atoms with E-state index in [1.54, 1.807) is 0 Å². The van der Waals surface area contributed by atoms with Gasteiger partial charge in [0, 0.05) is 22.0 Å². The van der Waals surface area contributed by atoms with Crippen LogP contribution in [0.3, 0.4) is 0 Å². The number of aromatic nitrogens is 1. The van der Waals surface area contributed by atoms with Crippen molar-refractivity contribution in [3.05, 3.63) is 44.9 Å². The molecule has 1 aliphatic carbocycles. The van der Waals surface area contributed by atoms with Crippen LogP contribution in [0.25, 0.3) is 0 Å². The highest BCUT2D eigenvalue weighted by molar-refractivity contribution is 7.80. The summed E-state index contributed by atoms with van der Waals surface area (Å²) >= 11 is 7.06. The van der Waals surface area contributed by atoms with Gasteiger partial charge in [-0.1, -0.05) is 12.2 Å². The van der Waals surface area contributed by atoms with Crippen LogP contribution in [-0.2, 0) is 6.42 Å². The quantitative estimate of drug-likeness (QED) is 0.843. The van der Waals surface area contributed by atoms with Gasteiger partial charge in [-0.05, 0) is 56.2 Å². The summed E-state index contributed by atoms with van der Waals surface area (Å²) in [5.74, 6) is 0. The van der Waals surface area contributed by atoms with Crippen LogP contribution < -0.4 is 11.1 Å². The Bertz CT molecular complexity index is 691. The Morgan fingerprint density at radius 1 is 1.48 bits per heavy atom. The molecule has 0 aliphatic heterocycles. The Kier molecular flexibility index (Phi) is 3.95. The van der Waals surface area contributed by atoms with Gasteiger partial charge in [0.25, 0.3) is 0 Å². The van der Waals surface area contributed by atoms with Gasteiger partial charge in [0.1, 0.15) is 4.99 Å². The Morgan fingerprint density at radius 2 is 2.29 bits per heavy atom. The maximum absolute atomic E-state index is 5.90. The topological polar surface area (TPSA) is 50.9 Å². The van der Waals surface area contributed by atoms with Gasteiger partial charge in [-0.3, -0.25) is 4.98 Å². The lowest BCUT2D eigenvalue weighted by Crippen LogP contribution is -2.20. The lowest BCUT2D eigenvalue weighted by molar-refractivity contribution is 0.608. The summed E-state index contributed by atoms with van der Waals surface area (Å²) in [5.41, 5.74) is 11.1. The number of aryl methyl sites for hydroxylation is 3. The minimum Gasteiger partial charge on any atom is -0.389 e. The van der Waals surface area contributed by atoms with E-state index in [1.165, 1.54) is 23.3 Å². The van der Waals surface area contributed by atoms with E-state index in [0.29, 0.717) is 11.0 Å². The van der Waals surface area contributed by atoms with Crippen molar-refractivity contribution < 1.29 is 0 Å². The molecule has 0 saturated carbocycles. The number of fused-ring (bicyclic) bond motifs is 1. The molecule has 0 spiro atoms. The first-order valence-corrected chi connectivity index (χ1v) is 8.46. The minimum atomic E-state index is 0.342. The van der Waals surface area contributed by atoms with Crippen molar-refractivity contribution in [1.82, 2.24) is 4.98 Å². The first-order chi connectivity index (χ1) is 10.1. The number of thiocarbonyl (C=S) groups is 1. The van der Waals surface area contributed by atoms with Gasteiger partial charge >= 0.3 is 0 Å². The normalized spacial score (nSPS) is 17.3. The van der Waals surface area contributed by atoms with Crippen molar-refractivity contribution in [3.63, 3.8) is 0 Å². The number of nitrogens with zero attached hydrogens (tertiary/aromatic N) is 1. The highest BCUT2D eigenvalue weighted by Gasteiger charge is 2.22. The highest BCUT2D eigenvalue weighted by atomic mass is 32.1. The third-order valence-corrected chi connectivity index (χ3v) is 5.16. The van der Waals surface area contributed by atoms with Crippen LogP contribution in [0.5, 0.6) is 0 Å². The smallest absolute Gasteiger partial charge is 0.107 e. The van der Waals surface area contributed by atoms with Crippen molar-refractivity contribution in [2.45, 2.75) is 39.2 Å². The summed E-state index contributed by atoms with van der Waals surface area (Å²) < 4.78 is 0. The summed E-state index contributed by atoms with van der Waals surface area (Å²) in [7, 11) is 0. The van der Waals surface area contributed by atoms with Gasteiger partial charge in [-0.15, -0.1) is 11.3 Å². The number of pyridine rings is 1. The molecule has 1 unspecified atom stereocenters. The van der Waals surface area contributed by atoms with Gasteiger partial charge in [-0.2, -0.15) is 0 Å². The molecule has 2 aromatic rings. The number of rotatable bonds is 3. The molecule has 0 saturated heterocycles. The predicted octanol–water partition coefficient (Wildman–Crippen LogP) is 3.88. The first kappa shape index (κ1) is 14.5. The summed E-state index contributed by atoms with van der Waals surface area (Å²) in [6.45, 7) is 3.96. The average Bonchev–Trinajstić information content (AvgIpc) is 2.86. The second-order valence-corrected chi connectivity index (χ2v) is 6.96. The molecule has 0 aromatic carbocycles. The molecule has 2 heterocycles. The molecule has 1 atom stereocenters. The van der Waals surface area contributed by atoms with E-state index < -0.39 is 0 Å². The third kappa shape index (κ3) is 2.80. The Hall–Kier alpha value is -1.46. The van der Waals surface area contributed by atoms with Crippen LogP contribution in [0.2, 0.25) is 0 Å². The summed E-state index contributed by atoms with van der Waals surface area (Å²) in [4.78, 5) is 6.38. The fourth-order valence-corrected chi connectivity index (χ4v) is 4.32. The molecule has 3 nitrogen and oxygen atoms in total. The van der Waals surface area contributed by atoms with Crippen LogP contribution in [0, 0.1) is 13.8 Å². The van der Waals surface area contributed by atoms with Crippen molar-refractivity contribution in [1.29, 1.82) is 0 Å². The van der Waals surface area contributed by atoms with E-state index in [1.807, 2.05) is 31.3 Å². The van der Waals surface area contributed by atoms with Crippen molar-refractivity contribution in [2.24, 2.45) is 5.73 Å². The number of nitrogens with two attached hydrogens (primary N) is 1. The molecule has 0 fully saturated rings. The summed E-state index contributed by atoms with van der Waals surface area (Å²) in [6.07, 6.45) is 3.55. The van der Waals surface area contributed by atoms with Gasteiger partial charge in [0.2, 0.25) is 0 Å². The zero-order valence-electron chi connectivity index (χ0n) is 12.3. The molecule has 110 valence electrons. The first-order valence-electron chi connectivity index (χ1n) is 7.17. The molecule has 0 radical (unpaired) electrons. The molecule has 0 bridgehead atoms. The maximum Gasteiger partial charge on any atom is 0.107 e. The summed E-state index contributed by atoms with van der Waals surface area (Å²) in [6, 6.07) is 4.62. The van der Waals surface area contributed by atoms with E-state index >= 15 is 0 Å². The van der Waals surface area contributed by atoms with Crippen molar-refractivity contribution >= 4 is 34.2 Å². The van der Waals surface area contributed by atoms with E-state index in [2.05, 4.69) is 21.7 Å². The fraction of sp³-hybridized carbons (Fsp3) is 0.375. The molecule has 3 N–H and O–H groups in total. The van der Waals surface area contributed by atoms with Crippen LogP contribution in [0.15, 0.2) is 17.5 Å². The van der Waals surface area contributed by atoms with E-state index in [0.717, 1.165) is 29.1 Å². The van der Waals surface area contributed by atoms with Gasteiger partial charge in [0.15, 0.2) is 0 Å². The second-order valence-electron chi connectivity index (χ2n) is 5.52. The number of hydrogen-bond acceptors (Lipinski definition) is 4. The van der Waals surface area contributed by atoms with E-state index in [4.69, 9.17) is 18.0 Å². The molecular weight excluding hydrogens is 298 g/mol. The minimum absolute atomic E-state index is 0.342. The SMILES string of the molecule is Cc1cc(NC2CCCc3sccc32)c(C(N)=S)c(C)n1. The van der Waals surface area contributed by atoms with Gasteiger partial charge in [0.05, 0.1) is 11.6 Å². The molecular formula is C16H19N3S2. The largest absolute Gasteiger partial charge is 0.389 e. The number of hydrogen-bond donors (Lipinski definition) is 2. The van der Waals surface area contributed by atoms with E-state index in [-0.39, 0.29) is 0 Å². The zero-order chi connectivity index (χ0) is 15.0. The molecule has 0 amide bonds. The third-order valence-electron chi connectivity index (χ3n) is 3.96. The van der Waals surface area contributed by atoms with E-state index in [9.17, 15) is 0 Å². The monoisotopic (exact) mass is 317 g/mol. The Balaban J connectivity index is 1.98. The number of thiophene rings is 1. The molecule has 1 aliphatic rings. The summed E-state index contributed by atoms with van der Waals surface area (Å²) in [5, 5.41) is 5.84. The molecule has 3 rings (SSSR count). The van der Waals surface area contributed by atoms with Crippen LogP contribution in [0.4, 0.5) is 5.69 Å². The number of anilines is 1. The van der Waals surface area contributed by atoms with Crippen molar-refractivity contribution in [2.75, 3.05) is 5.32 Å². The number of nitrogens with one attached hydrogen (secondary N) is 1.